The Hall–Kier alpha value is -1.39. The van der Waals surface area contributed by atoms with Crippen molar-refractivity contribution in [1.29, 1.82) is 0 Å². The lowest BCUT2D eigenvalue weighted by molar-refractivity contribution is -0.161. The fourth-order valence-electron chi connectivity index (χ4n) is 10.1. The van der Waals surface area contributed by atoms with Crippen LogP contribution in [0.5, 0.6) is 0 Å². The van der Waals surface area contributed by atoms with Gasteiger partial charge in [-0.2, -0.15) is 0 Å². The third-order valence-electron chi connectivity index (χ3n) is 13.8. The highest BCUT2D eigenvalue weighted by Gasteiger charge is 2.60. The van der Waals surface area contributed by atoms with E-state index >= 15 is 0 Å². The molecule has 10 nitrogen and oxygen atoms in total. The zero-order valence-corrected chi connectivity index (χ0v) is 41.8. The van der Waals surface area contributed by atoms with Gasteiger partial charge in [0.2, 0.25) is 11.8 Å². The van der Waals surface area contributed by atoms with Crippen LogP contribution in [0, 0.1) is 23.7 Å². The lowest BCUT2D eigenvalue weighted by Crippen LogP contribution is -2.36. The van der Waals surface area contributed by atoms with Crippen molar-refractivity contribution >= 4 is 42.2 Å². The molecular weight excluding hydrogens is 820 g/mol. The molecule has 6 atom stereocenters. The Kier molecular flexibility index (Phi) is 29.4. The SMILES string of the molecule is CCCCCCCCCCCCCCCC(=O)OCC(COP(=S)(OCCN1C(=O)[C@@H]2[C@H]3CC[C@H](C3)[C@@H]2C1=O)N(CC)CC)OC(=O)CCCCCCCCCCCCCCC. The van der Waals surface area contributed by atoms with Crippen LogP contribution >= 0.6 is 6.64 Å². The van der Waals surface area contributed by atoms with Crippen LogP contribution in [0.3, 0.4) is 0 Å². The van der Waals surface area contributed by atoms with E-state index in [-0.39, 0.29) is 62.0 Å². The summed E-state index contributed by atoms with van der Waals surface area (Å²) < 4.78 is 26.3. The van der Waals surface area contributed by atoms with Gasteiger partial charge in [-0.1, -0.05) is 182 Å². The molecule has 2 saturated carbocycles. The molecule has 2 aliphatic carbocycles. The van der Waals surface area contributed by atoms with Crippen molar-refractivity contribution in [3.63, 3.8) is 0 Å². The van der Waals surface area contributed by atoms with Gasteiger partial charge < -0.3 is 18.5 Å². The van der Waals surface area contributed by atoms with Crippen molar-refractivity contribution < 1.29 is 37.7 Å². The van der Waals surface area contributed by atoms with Gasteiger partial charge in [-0.15, -0.1) is 0 Å². The van der Waals surface area contributed by atoms with E-state index in [1.165, 1.54) is 133 Å². The lowest BCUT2D eigenvalue weighted by atomic mass is 9.81. The van der Waals surface area contributed by atoms with E-state index in [0.29, 0.717) is 37.8 Å². The molecule has 12 heteroatoms. The molecule has 2 unspecified atom stereocenters. The number of unbranched alkanes of at least 4 members (excludes halogenated alkanes) is 24. The summed E-state index contributed by atoms with van der Waals surface area (Å²) in [5.41, 5.74) is 0. The van der Waals surface area contributed by atoms with E-state index in [2.05, 4.69) is 13.8 Å². The molecule has 0 spiro atoms. The molecule has 2 amide bonds. The van der Waals surface area contributed by atoms with E-state index in [0.717, 1.165) is 57.8 Å². The van der Waals surface area contributed by atoms with E-state index in [1.807, 2.05) is 18.5 Å². The quantitative estimate of drug-likeness (QED) is 0.0254. The minimum atomic E-state index is -3.12. The fraction of sp³-hybridized carbons (Fsp3) is 0.920. The summed E-state index contributed by atoms with van der Waals surface area (Å²) in [5, 5.41) is 0. The maximum Gasteiger partial charge on any atom is 0.306 e. The summed E-state index contributed by atoms with van der Waals surface area (Å²) in [6, 6.07) is 0. The Labute approximate surface area is 384 Å². The van der Waals surface area contributed by atoms with Gasteiger partial charge in [0.25, 0.3) is 6.64 Å². The molecule has 0 aromatic heterocycles. The molecule has 0 radical (unpaired) electrons. The number of amides is 2. The Bertz CT molecular complexity index is 1270. The first-order valence-electron chi connectivity index (χ1n) is 26.0. The van der Waals surface area contributed by atoms with Crippen LogP contribution in [0.15, 0.2) is 0 Å². The van der Waals surface area contributed by atoms with E-state index < -0.39 is 12.7 Å². The predicted octanol–water partition coefficient (Wildman–Crippen LogP) is 13.0. The number of imide groups is 1. The second-order valence-electron chi connectivity index (χ2n) is 18.7. The summed E-state index contributed by atoms with van der Waals surface area (Å²) in [7, 11) is 0. The van der Waals surface area contributed by atoms with Gasteiger partial charge in [0.15, 0.2) is 6.10 Å². The van der Waals surface area contributed by atoms with Crippen molar-refractivity contribution in [1.82, 2.24) is 9.57 Å². The van der Waals surface area contributed by atoms with Crippen LogP contribution in [-0.4, -0.2) is 78.9 Å². The molecule has 0 N–H and O–H groups in total. The molecule has 0 aromatic carbocycles. The Morgan fingerprint density at radius 3 is 1.42 bits per heavy atom. The van der Waals surface area contributed by atoms with E-state index in [4.69, 9.17) is 30.3 Å². The summed E-state index contributed by atoms with van der Waals surface area (Å²) in [6.07, 6.45) is 34.9. The van der Waals surface area contributed by atoms with Crippen LogP contribution in [0.2, 0.25) is 0 Å². The Morgan fingerprint density at radius 2 is 1.00 bits per heavy atom. The average molecular weight is 911 g/mol. The second-order valence-corrected chi connectivity index (χ2v) is 22.1. The fourth-order valence-corrected chi connectivity index (χ4v) is 12.9. The number of carbonyl (C=O) groups is 4. The van der Waals surface area contributed by atoms with Crippen LogP contribution in [0.4, 0.5) is 0 Å². The van der Waals surface area contributed by atoms with Gasteiger partial charge >= 0.3 is 11.9 Å². The van der Waals surface area contributed by atoms with Crippen molar-refractivity contribution in [3.8, 4) is 0 Å². The number of fused-ring (bicyclic) bond motifs is 5. The first-order chi connectivity index (χ1) is 30.2. The predicted molar refractivity (Wildman–Crippen MR) is 255 cm³/mol. The minimum Gasteiger partial charge on any atom is -0.462 e. The van der Waals surface area contributed by atoms with E-state index in [1.54, 1.807) is 0 Å². The molecule has 3 rings (SSSR count). The van der Waals surface area contributed by atoms with Gasteiger partial charge in [-0.25, -0.2) is 4.67 Å². The topological polar surface area (TPSA) is 112 Å². The van der Waals surface area contributed by atoms with Crippen LogP contribution in [0.1, 0.15) is 227 Å². The first-order valence-corrected chi connectivity index (χ1v) is 28.6. The minimum absolute atomic E-state index is 0.0658. The monoisotopic (exact) mass is 911 g/mol. The number of rotatable bonds is 41. The average Bonchev–Trinajstić information content (AvgIpc) is 3.96. The molecule has 2 bridgehead atoms. The number of hydrogen-bond donors (Lipinski definition) is 0. The van der Waals surface area contributed by atoms with Gasteiger partial charge in [-0.3, -0.25) is 24.1 Å². The van der Waals surface area contributed by atoms with Crippen molar-refractivity contribution in [3.05, 3.63) is 0 Å². The van der Waals surface area contributed by atoms with Crippen LogP contribution in [-0.2, 0) is 49.5 Å². The lowest BCUT2D eigenvalue weighted by Gasteiger charge is -2.33. The van der Waals surface area contributed by atoms with Gasteiger partial charge in [0, 0.05) is 25.9 Å². The van der Waals surface area contributed by atoms with Crippen molar-refractivity contribution in [2.24, 2.45) is 23.7 Å². The summed E-state index contributed by atoms with van der Waals surface area (Å²) >= 11 is 6.08. The van der Waals surface area contributed by atoms with Crippen molar-refractivity contribution in [2.75, 3.05) is 39.5 Å². The number of hydrogen-bond acceptors (Lipinski definition) is 9. The standard InChI is InChI=1S/C50H91N2O8PS/c1-5-9-11-13-15-17-19-21-23-25-27-29-31-33-45(53)57-40-44(60-46(54)34-32-30-28-26-24-22-20-18-16-14-12-10-6-2)41-59-61(62,51(7-3)8-4)58-38-37-52-49(55)47-42-35-36-43(39-42)48(47)50(52)56/h42-44,47-48H,5-41H2,1-4H3/t42-,43+,44?,47+,48-,61?. The maximum atomic E-state index is 13.3. The number of ether oxygens (including phenoxy) is 2. The Morgan fingerprint density at radius 1 is 0.597 bits per heavy atom. The highest BCUT2D eigenvalue weighted by Crippen LogP contribution is 2.56. The normalized spacial score (nSPS) is 20.9. The van der Waals surface area contributed by atoms with Gasteiger partial charge in [0.1, 0.15) is 6.61 Å². The molecule has 3 fully saturated rings. The number of nitrogens with zero attached hydrogens (tertiary/aromatic N) is 2. The Balaban J connectivity index is 1.44. The maximum absolute atomic E-state index is 13.3. The zero-order valence-electron chi connectivity index (χ0n) is 40.1. The molecule has 1 aliphatic heterocycles. The third kappa shape index (κ3) is 20.4. The summed E-state index contributed by atoms with van der Waals surface area (Å²) in [6.45, 7) is 6.51. The number of likely N-dealkylation sites (tertiary alicyclic amines) is 1. The van der Waals surface area contributed by atoms with Crippen LogP contribution < -0.4 is 0 Å². The van der Waals surface area contributed by atoms with Gasteiger partial charge in [0.05, 0.1) is 31.6 Å². The molecule has 3 aliphatic rings. The summed E-state index contributed by atoms with van der Waals surface area (Å²) in [4.78, 5) is 54.1. The molecule has 0 aromatic rings. The largest absolute Gasteiger partial charge is 0.462 e. The highest BCUT2D eigenvalue weighted by atomic mass is 32.5. The second kappa shape index (κ2) is 33.1. The molecule has 1 saturated heterocycles. The molecule has 62 heavy (non-hydrogen) atoms. The first kappa shape index (κ1) is 54.9. The van der Waals surface area contributed by atoms with Crippen LogP contribution in [0.25, 0.3) is 0 Å². The smallest absolute Gasteiger partial charge is 0.306 e. The van der Waals surface area contributed by atoms with Gasteiger partial charge in [-0.05, 0) is 55.7 Å². The third-order valence-corrected chi connectivity index (χ3v) is 17.4. The number of carbonyl (C=O) groups excluding carboxylic acids is 4. The number of esters is 2. The van der Waals surface area contributed by atoms with Crippen molar-refractivity contribution in [2.45, 2.75) is 233 Å². The molecule has 360 valence electrons. The van der Waals surface area contributed by atoms with E-state index in [9.17, 15) is 19.2 Å². The molecule has 1 heterocycles. The highest BCUT2D eigenvalue weighted by molar-refractivity contribution is 8.08. The summed E-state index contributed by atoms with van der Waals surface area (Å²) in [5.74, 6) is -0.474. The zero-order chi connectivity index (χ0) is 44.8. The molecular formula is C50H91N2O8PS.